The van der Waals surface area contributed by atoms with Gasteiger partial charge in [-0.3, -0.25) is 4.79 Å². The van der Waals surface area contributed by atoms with Crippen LogP contribution in [0.3, 0.4) is 0 Å². The van der Waals surface area contributed by atoms with E-state index in [4.69, 9.17) is 5.26 Å². The molecule has 2 rings (SSSR count). The van der Waals surface area contributed by atoms with E-state index in [1.54, 1.807) is 48.5 Å². The zero-order valence-corrected chi connectivity index (χ0v) is 10.1. The Balaban J connectivity index is 2.35. The molecule has 0 aromatic heterocycles. The molecule has 0 unspecified atom stereocenters. The first-order chi connectivity index (χ1) is 9.22. The molecule has 0 atom stereocenters. The fourth-order valence-electron chi connectivity index (χ4n) is 1.83. The number of carbonyl (C=O) groups is 2. The van der Waals surface area contributed by atoms with Gasteiger partial charge in [-0.05, 0) is 5.56 Å². The first kappa shape index (κ1) is 13.0. The molecule has 0 saturated heterocycles. The van der Waals surface area contributed by atoms with Gasteiger partial charge in [0.1, 0.15) is 0 Å². The molecule has 1 N–H and O–H groups in total. The van der Waals surface area contributed by atoms with Crippen LogP contribution >= 0.6 is 0 Å². The van der Waals surface area contributed by atoms with Crippen molar-refractivity contribution in [3.05, 3.63) is 71.3 Å². The van der Waals surface area contributed by atoms with Crippen LogP contribution in [0.2, 0.25) is 0 Å². The normalized spacial score (nSPS) is 9.95. The summed E-state index contributed by atoms with van der Waals surface area (Å²) >= 11 is 0. The van der Waals surface area contributed by atoms with Crippen molar-refractivity contribution in [3.63, 3.8) is 0 Å². The Bertz CT molecular complexity index is 590. The van der Waals surface area contributed by atoms with Crippen LogP contribution in [0, 0.1) is 0 Å². The average Bonchev–Trinajstić information content (AvgIpc) is 2.48. The van der Waals surface area contributed by atoms with E-state index >= 15 is 0 Å². The van der Waals surface area contributed by atoms with E-state index in [1.807, 2.05) is 6.07 Å². The zero-order valence-electron chi connectivity index (χ0n) is 10.1. The van der Waals surface area contributed by atoms with Crippen molar-refractivity contribution in [2.24, 2.45) is 0 Å². The van der Waals surface area contributed by atoms with Crippen molar-refractivity contribution < 1.29 is 19.7 Å². The van der Waals surface area contributed by atoms with Gasteiger partial charge in [0.2, 0.25) is 0 Å². The van der Waals surface area contributed by atoms with E-state index in [0.29, 0.717) is 16.7 Å². The van der Waals surface area contributed by atoms with Gasteiger partial charge in [0.25, 0.3) is 0 Å². The Kier molecular flexibility index (Phi) is 4.05. The summed E-state index contributed by atoms with van der Waals surface area (Å²) in [6, 6.07) is 15.6. The molecule has 0 saturated carbocycles. The lowest BCUT2D eigenvalue weighted by molar-refractivity contribution is -0.233. The number of hydrogen-bond donors (Lipinski definition) is 1. The topological polar surface area (TPSA) is 63.6 Å². The summed E-state index contributed by atoms with van der Waals surface area (Å²) in [6.07, 6.45) is -0.148. The summed E-state index contributed by atoms with van der Waals surface area (Å²) in [5, 5.41) is 8.31. The molecule has 0 heterocycles. The van der Waals surface area contributed by atoms with Crippen LogP contribution in [-0.4, -0.2) is 17.0 Å². The molecule has 4 nitrogen and oxygen atoms in total. The zero-order chi connectivity index (χ0) is 13.7. The maximum atomic E-state index is 12.3. The molecule has 0 aliphatic heterocycles. The lowest BCUT2D eigenvalue weighted by atomic mass is 9.97. The van der Waals surface area contributed by atoms with Gasteiger partial charge in [0.15, 0.2) is 5.78 Å². The molecule has 2 aromatic carbocycles. The molecular formula is C15H12O4. The smallest absolute Gasteiger partial charge is 0.301 e. The highest BCUT2D eigenvalue weighted by Gasteiger charge is 2.15. The third kappa shape index (κ3) is 3.05. The summed E-state index contributed by atoms with van der Waals surface area (Å²) in [7, 11) is 0. The molecule has 0 amide bonds. The van der Waals surface area contributed by atoms with Gasteiger partial charge in [0.05, 0.1) is 6.42 Å². The van der Waals surface area contributed by atoms with Gasteiger partial charge in [-0.1, -0.05) is 54.6 Å². The molecule has 19 heavy (non-hydrogen) atoms. The molecule has 0 radical (unpaired) electrons. The van der Waals surface area contributed by atoms with E-state index < -0.39 is 5.97 Å². The number of carbonyl (C=O) groups excluding carboxylic acids is 2. The van der Waals surface area contributed by atoms with Gasteiger partial charge in [-0.15, -0.1) is 0 Å². The number of benzene rings is 2. The fourth-order valence-corrected chi connectivity index (χ4v) is 1.83. The van der Waals surface area contributed by atoms with Crippen LogP contribution in [0.1, 0.15) is 21.5 Å². The minimum Gasteiger partial charge on any atom is -0.301 e. The predicted octanol–water partition coefficient (Wildman–Crippen LogP) is 2.48. The molecule has 2 aromatic rings. The number of hydrogen-bond acceptors (Lipinski definition) is 4. The number of ketones is 1. The Hall–Kier alpha value is -2.46. The fraction of sp³-hybridized carbons (Fsp3) is 0.0667. The van der Waals surface area contributed by atoms with Crippen molar-refractivity contribution >= 4 is 11.8 Å². The van der Waals surface area contributed by atoms with E-state index in [-0.39, 0.29) is 12.2 Å². The van der Waals surface area contributed by atoms with Gasteiger partial charge < -0.3 is 4.89 Å². The monoisotopic (exact) mass is 256 g/mol. The predicted molar refractivity (Wildman–Crippen MR) is 68.7 cm³/mol. The van der Waals surface area contributed by atoms with Crippen LogP contribution in [0.5, 0.6) is 0 Å². The van der Waals surface area contributed by atoms with Crippen molar-refractivity contribution in [2.75, 3.05) is 0 Å². The lowest BCUT2D eigenvalue weighted by Crippen LogP contribution is -2.11. The molecule has 4 heteroatoms. The van der Waals surface area contributed by atoms with Crippen molar-refractivity contribution in [3.8, 4) is 0 Å². The van der Waals surface area contributed by atoms with E-state index in [2.05, 4.69) is 4.89 Å². The maximum absolute atomic E-state index is 12.3. The highest BCUT2D eigenvalue weighted by molar-refractivity contribution is 6.10. The van der Waals surface area contributed by atoms with Gasteiger partial charge >= 0.3 is 5.97 Å². The van der Waals surface area contributed by atoms with Crippen molar-refractivity contribution in [2.45, 2.75) is 6.42 Å². The average molecular weight is 256 g/mol. The molecule has 96 valence electrons. The molecule has 0 aliphatic carbocycles. The van der Waals surface area contributed by atoms with Crippen LogP contribution in [0.15, 0.2) is 54.6 Å². The summed E-state index contributed by atoms with van der Waals surface area (Å²) in [4.78, 5) is 27.1. The van der Waals surface area contributed by atoms with Crippen LogP contribution < -0.4 is 0 Å². The molecular weight excluding hydrogens is 244 g/mol. The summed E-state index contributed by atoms with van der Waals surface area (Å²) in [6.45, 7) is 0. The molecule has 0 fully saturated rings. The van der Waals surface area contributed by atoms with Crippen LogP contribution in [0.4, 0.5) is 0 Å². The Labute approximate surface area is 110 Å². The Morgan fingerprint density at radius 3 is 2.26 bits per heavy atom. The minimum absolute atomic E-state index is 0.148. The summed E-state index contributed by atoms with van der Waals surface area (Å²) in [5.41, 5.74) is 1.50. The highest BCUT2D eigenvalue weighted by Crippen LogP contribution is 2.15. The summed E-state index contributed by atoms with van der Waals surface area (Å²) < 4.78 is 0. The highest BCUT2D eigenvalue weighted by atomic mass is 17.1. The molecule has 0 aliphatic rings. The van der Waals surface area contributed by atoms with E-state index in [0.717, 1.165) is 0 Å². The third-order valence-electron chi connectivity index (χ3n) is 2.73. The van der Waals surface area contributed by atoms with Gasteiger partial charge in [-0.25, -0.2) is 4.79 Å². The SMILES string of the molecule is O=C(Cc1ccccc1C(=O)c1ccccc1)OO. The summed E-state index contributed by atoms with van der Waals surface area (Å²) in [5.74, 6) is -0.963. The van der Waals surface area contributed by atoms with Gasteiger partial charge in [0, 0.05) is 11.1 Å². The van der Waals surface area contributed by atoms with Crippen LogP contribution in [-0.2, 0) is 16.1 Å². The first-order valence-electron chi connectivity index (χ1n) is 5.74. The van der Waals surface area contributed by atoms with Crippen molar-refractivity contribution in [1.82, 2.24) is 0 Å². The molecule has 0 bridgehead atoms. The maximum Gasteiger partial charge on any atom is 0.346 e. The molecule has 0 spiro atoms. The second-order valence-electron chi connectivity index (χ2n) is 3.99. The van der Waals surface area contributed by atoms with E-state index in [9.17, 15) is 9.59 Å². The second kappa shape index (κ2) is 5.93. The largest absolute Gasteiger partial charge is 0.346 e. The first-order valence-corrected chi connectivity index (χ1v) is 5.74. The Morgan fingerprint density at radius 1 is 0.947 bits per heavy atom. The third-order valence-corrected chi connectivity index (χ3v) is 2.73. The lowest BCUT2D eigenvalue weighted by Gasteiger charge is -2.07. The quantitative estimate of drug-likeness (QED) is 0.518. The standard InChI is InChI=1S/C15H12O4/c16-14(19-18)10-12-8-4-5-9-13(12)15(17)11-6-2-1-3-7-11/h1-9,18H,10H2. The Morgan fingerprint density at radius 2 is 1.58 bits per heavy atom. The number of rotatable bonds is 4. The van der Waals surface area contributed by atoms with Crippen molar-refractivity contribution in [1.29, 1.82) is 0 Å². The van der Waals surface area contributed by atoms with Gasteiger partial charge in [-0.2, -0.15) is 5.26 Å². The minimum atomic E-state index is -0.798. The van der Waals surface area contributed by atoms with Crippen LogP contribution in [0.25, 0.3) is 0 Å². The van der Waals surface area contributed by atoms with E-state index in [1.165, 1.54) is 0 Å². The second-order valence-corrected chi connectivity index (χ2v) is 3.99.